The second-order valence-corrected chi connectivity index (χ2v) is 4.50. The van der Waals surface area contributed by atoms with Gasteiger partial charge in [-0.15, -0.1) is 16.7 Å². The summed E-state index contributed by atoms with van der Waals surface area (Å²) in [6.45, 7) is 2.15. The van der Waals surface area contributed by atoms with Gasteiger partial charge in [-0.3, -0.25) is 4.68 Å². The number of alkyl halides is 1. The van der Waals surface area contributed by atoms with Crippen LogP contribution in [0.1, 0.15) is 12.6 Å². The van der Waals surface area contributed by atoms with E-state index in [0.717, 1.165) is 23.1 Å². The van der Waals surface area contributed by atoms with Crippen molar-refractivity contribution >= 4 is 23.4 Å². The Kier molecular flexibility index (Phi) is 4.59. The molecule has 1 heterocycles. The smallest absolute Gasteiger partial charge is 0.0925 e. The number of aromatic nitrogens is 3. The number of hydrogen-bond acceptors (Lipinski definition) is 3. The molecule has 3 nitrogen and oxygen atoms in total. The molecule has 74 valence electrons. The highest BCUT2D eigenvalue weighted by molar-refractivity contribution is 7.98. The lowest BCUT2D eigenvalue weighted by molar-refractivity contribution is 0.714. The summed E-state index contributed by atoms with van der Waals surface area (Å²) < 4.78 is 1.72. The van der Waals surface area contributed by atoms with Gasteiger partial charge in [-0.05, 0) is 11.7 Å². The number of halogens is 1. The fraction of sp³-hybridized carbons (Fsp3) is 0.750. The molecule has 0 bridgehead atoms. The summed E-state index contributed by atoms with van der Waals surface area (Å²) in [6, 6.07) is 0. The van der Waals surface area contributed by atoms with Crippen molar-refractivity contribution in [1.29, 1.82) is 0 Å². The normalized spacial score (nSPS) is 13.2. The molecule has 0 N–H and O–H groups in total. The van der Waals surface area contributed by atoms with Gasteiger partial charge in [-0.2, -0.15) is 11.8 Å². The fourth-order valence-electron chi connectivity index (χ4n) is 0.871. The maximum Gasteiger partial charge on any atom is 0.0925 e. The first-order chi connectivity index (χ1) is 6.22. The third-order valence-corrected chi connectivity index (χ3v) is 3.40. The molecule has 0 spiro atoms. The van der Waals surface area contributed by atoms with E-state index in [1.807, 2.05) is 25.0 Å². The van der Waals surface area contributed by atoms with Crippen LogP contribution >= 0.6 is 23.4 Å². The van der Waals surface area contributed by atoms with E-state index >= 15 is 0 Å². The highest BCUT2D eigenvalue weighted by atomic mass is 35.5. The zero-order valence-corrected chi connectivity index (χ0v) is 9.48. The van der Waals surface area contributed by atoms with Crippen LogP contribution in [0.3, 0.4) is 0 Å². The molecule has 0 aliphatic carbocycles. The molecule has 0 aliphatic heterocycles. The minimum atomic E-state index is 0.573. The van der Waals surface area contributed by atoms with Gasteiger partial charge in [0.05, 0.1) is 5.69 Å². The Balaban J connectivity index is 2.20. The lowest BCUT2D eigenvalue weighted by Gasteiger charge is -2.04. The number of thioether (sulfide) groups is 1. The van der Waals surface area contributed by atoms with Gasteiger partial charge >= 0.3 is 0 Å². The molecular formula is C8H14ClN3S. The van der Waals surface area contributed by atoms with Gasteiger partial charge in [0, 0.05) is 24.9 Å². The highest BCUT2D eigenvalue weighted by Crippen LogP contribution is 2.14. The van der Waals surface area contributed by atoms with Crippen LogP contribution in [0, 0.1) is 5.92 Å². The molecule has 1 aromatic heterocycles. The Morgan fingerprint density at radius 2 is 2.46 bits per heavy atom. The molecule has 13 heavy (non-hydrogen) atoms. The second kappa shape index (κ2) is 5.50. The van der Waals surface area contributed by atoms with Gasteiger partial charge < -0.3 is 0 Å². The lowest BCUT2D eigenvalue weighted by atomic mass is 10.3. The Morgan fingerprint density at radius 1 is 1.69 bits per heavy atom. The number of rotatable bonds is 5. The maximum atomic E-state index is 5.69. The van der Waals surface area contributed by atoms with Crippen LogP contribution in [-0.2, 0) is 12.8 Å². The predicted molar refractivity (Wildman–Crippen MR) is 57.0 cm³/mol. The van der Waals surface area contributed by atoms with Crippen LogP contribution in [0.5, 0.6) is 0 Å². The number of hydrogen-bond donors (Lipinski definition) is 0. The van der Waals surface area contributed by atoms with E-state index in [1.54, 1.807) is 4.68 Å². The average molecular weight is 220 g/mol. The molecule has 0 radical (unpaired) electrons. The van der Waals surface area contributed by atoms with Gasteiger partial charge in [0.2, 0.25) is 0 Å². The fourth-order valence-corrected chi connectivity index (χ4v) is 2.09. The lowest BCUT2D eigenvalue weighted by Crippen LogP contribution is -1.99. The minimum Gasteiger partial charge on any atom is -0.255 e. The Bertz CT molecular complexity index is 251. The molecule has 1 aromatic rings. The zero-order chi connectivity index (χ0) is 9.68. The first kappa shape index (κ1) is 10.9. The summed E-state index contributed by atoms with van der Waals surface area (Å²) >= 11 is 7.54. The molecule has 0 saturated heterocycles. The second-order valence-electron chi connectivity index (χ2n) is 3.16. The van der Waals surface area contributed by atoms with Gasteiger partial charge in [-0.1, -0.05) is 12.1 Å². The molecular weight excluding hydrogens is 206 g/mol. The Labute approximate surface area is 87.8 Å². The van der Waals surface area contributed by atoms with Crippen molar-refractivity contribution in [2.75, 3.05) is 11.6 Å². The molecule has 1 rings (SSSR count). The largest absolute Gasteiger partial charge is 0.255 e. The minimum absolute atomic E-state index is 0.573. The van der Waals surface area contributed by atoms with Crippen molar-refractivity contribution in [3.8, 4) is 0 Å². The summed E-state index contributed by atoms with van der Waals surface area (Å²) in [5.41, 5.74) is 1.04. The SMILES string of the molecule is CC(CCl)CSCc1cn(C)nn1. The summed E-state index contributed by atoms with van der Waals surface area (Å²) in [5, 5.41) is 7.86. The summed E-state index contributed by atoms with van der Waals surface area (Å²) in [5.74, 6) is 3.31. The molecule has 0 aromatic carbocycles. The topological polar surface area (TPSA) is 30.7 Å². The first-order valence-electron chi connectivity index (χ1n) is 4.21. The van der Waals surface area contributed by atoms with Crippen LogP contribution in [0.15, 0.2) is 6.20 Å². The molecule has 0 fully saturated rings. The monoisotopic (exact) mass is 219 g/mol. The van der Waals surface area contributed by atoms with Crippen LogP contribution in [0.2, 0.25) is 0 Å². The van der Waals surface area contributed by atoms with Crippen molar-refractivity contribution in [3.63, 3.8) is 0 Å². The van der Waals surface area contributed by atoms with Crippen LogP contribution in [-0.4, -0.2) is 26.6 Å². The van der Waals surface area contributed by atoms with Gasteiger partial charge in [-0.25, -0.2) is 0 Å². The van der Waals surface area contributed by atoms with Gasteiger partial charge in [0.1, 0.15) is 0 Å². The third-order valence-electron chi connectivity index (χ3n) is 1.57. The standard InChI is InChI=1S/C8H14ClN3S/c1-7(3-9)5-13-6-8-4-12(2)11-10-8/h4,7H,3,5-6H2,1-2H3. The van der Waals surface area contributed by atoms with Crippen LogP contribution in [0.25, 0.3) is 0 Å². The van der Waals surface area contributed by atoms with Crippen LogP contribution in [0.4, 0.5) is 0 Å². The first-order valence-corrected chi connectivity index (χ1v) is 5.90. The summed E-state index contributed by atoms with van der Waals surface area (Å²) in [4.78, 5) is 0. The summed E-state index contributed by atoms with van der Waals surface area (Å²) in [6.07, 6.45) is 1.94. The van der Waals surface area contributed by atoms with Crippen molar-refractivity contribution in [2.45, 2.75) is 12.7 Å². The van der Waals surface area contributed by atoms with Crippen molar-refractivity contribution in [2.24, 2.45) is 13.0 Å². The molecule has 1 atom stereocenters. The molecule has 1 unspecified atom stereocenters. The molecule has 0 saturated carbocycles. The Morgan fingerprint density at radius 3 is 3.00 bits per heavy atom. The van der Waals surface area contributed by atoms with E-state index in [4.69, 9.17) is 11.6 Å². The highest BCUT2D eigenvalue weighted by Gasteiger charge is 2.02. The van der Waals surface area contributed by atoms with Gasteiger partial charge in [0.25, 0.3) is 0 Å². The Hall–Kier alpha value is -0.220. The van der Waals surface area contributed by atoms with E-state index in [-0.39, 0.29) is 0 Å². The quantitative estimate of drug-likeness (QED) is 0.709. The third kappa shape index (κ3) is 4.00. The summed E-state index contributed by atoms with van der Waals surface area (Å²) in [7, 11) is 1.88. The molecule has 0 amide bonds. The van der Waals surface area contributed by atoms with Crippen molar-refractivity contribution in [3.05, 3.63) is 11.9 Å². The maximum absolute atomic E-state index is 5.69. The average Bonchev–Trinajstić information content (AvgIpc) is 2.51. The van der Waals surface area contributed by atoms with Gasteiger partial charge in [0.15, 0.2) is 0 Å². The molecule has 0 aliphatic rings. The zero-order valence-electron chi connectivity index (χ0n) is 7.90. The van der Waals surface area contributed by atoms with E-state index in [0.29, 0.717) is 5.92 Å². The van der Waals surface area contributed by atoms with Crippen LogP contribution < -0.4 is 0 Å². The van der Waals surface area contributed by atoms with E-state index in [1.165, 1.54) is 0 Å². The van der Waals surface area contributed by atoms with Crippen molar-refractivity contribution < 1.29 is 0 Å². The number of nitrogens with zero attached hydrogens (tertiary/aromatic N) is 3. The number of aryl methyl sites for hydroxylation is 1. The van der Waals surface area contributed by atoms with E-state index in [9.17, 15) is 0 Å². The van der Waals surface area contributed by atoms with E-state index in [2.05, 4.69) is 17.2 Å². The molecule has 5 heteroatoms. The van der Waals surface area contributed by atoms with E-state index < -0.39 is 0 Å². The van der Waals surface area contributed by atoms with Crippen molar-refractivity contribution in [1.82, 2.24) is 15.0 Å². The predicted octanol–water partition coefficient (Wildman–Crippen LogP) is 1.92.